The largest absolute Gasteiger partial charge is 0.496 e. The van der Waals surface area contributed by atoms with Gasteiger partial charge in [0, 0.05) is 42.4 Å². The van der Waals surface area contributed by atoms with Gasteiger partial charge in [0.15, 0.2) is 6.61 Å². The van der Waals surface area contributed by atoms with Crippen molar-refractivity contribution in [3.05, 3.63) is 69.8 Å². The molecule has 3 aromatic carbocycles. The molecule has 17 N–H and O–H groups in total. The maximum atomic E-state index is 14.1. The van der Waals surface area contributed by atoms with E-state index in [0.717, 1.165) is 51.4 Å². The summed E-state index contributed by atoms with van der Waals surface area (Å²) in [6, 6.07) is 7.15. The average molecular weight is 1160 g/mol. The van der Waals surface area contributed by atoms with Crippen LogP contribution in [-0.4, -0.2) is 137 Å². The molecule has 0 spiro atoms. The molecule has 3 aromatic rings. The van der Waals surface area contributed by atoms with E-state index in [1.165, 1.54) is 43.5 Å². The summed E-state index contributed by atoms with van der Waals surface area (Å²) in [7, 11) is 1.33. The van der Waals surface area contributed by atoms with Crippen molar-refractivity contribution in [2.24, 2.45) is 34.4 Å². The highest BCUT2D eigenvalue weighted by Gasteiger charge is 2.31. The number of amides is 6. The Kier molecular flexibility index (Phi) is 28.4. The monoisotopic (exact) mass is 1160 g/mol. The number of carbonyl (C=O) groups is 7. The number of carboxylic acids is 1. The van der Waals surface area contributed by atoms with Crippen molar-refractivity contribution in [3.63, 3.8) is 0 Å². The summed E-state index contributed by atoms with van der Waals surface area (Å²) in [6.45, 7) is 2.65. The third-order valence-electron chi connectivity index (χ3n) is 14.5. The van der Waals surface area contributed by atoms with Gasteiger partial charge in [-0.15, -0.1) is 0 Å². The lowest BCUT2D eigenvalue weighted by molar-refractivity contribution is -0.139. The van der Waals surface area contributed by atoms with Crippen molar-refractivity contribution < 1.29 is 67.1 Å². The Hall–Kier alpha value is -7.41. The van der Waals surface area contributed by atoms with Crippen molar-refractivity contribution in [1.82, 2.24) is 21.3 Å². The van der Waals surface area contributed by atoms with E-state index in [2.05, 4.69) is 21.3 Å². The molecule has 0 saturated heterocycles. The molecular weight excluding hydrogens is 1070 g/mol. The first-order chi connectivity index (χ1) is 40.1. The van der Waals surface area contributed by atoms with Gasteiger partial charge in [0.25, 0.3) is 35.4 Å². The normalized spacial score (nSPS) is 16.6. The minimum atomic E-state index is -1.29. The molecule has 2 aliphatic rings. The number of unbranched alkanes of at least 4 members (excludes halogenated alkanes) is 8. The number of hydrogen-bond donors (Lipinski definition) is 11. The Bertz CT molecular complexity index is 2620. The molecule has 0 atom stereocenters. The minimum absolute atomic E-state index is 0.00600. The SMILES string of the molecule is COc1cc(OCC(=O)O)c(C(=O)N[C@H]2CC[C@H](NC(=O)c3cc(C(N)=O)c(OCCCCCN)cc3OCCCCCN)CC2)cc1C(=O)N[C@H]1CC[C@H](NC(=O)c2cc(C(N)=O)c(OCCCCCN)cc2OCCCCCN)CC1. The van der Waals surface area contributed by atoms with E-state index < -0.39 is 48.0 Å². The number of carboxylic acid groups (broad SMARTS) is 1. The standard InChI is InChI=1S/C59H88N10O14/c1-78-47-33-52(83-36-53(70)71)46(59(77)69-40-20-18-39(19-21-40)68-58(76)45-31-42(55(65)73)49(80-27-11-3-7-23-61)35-51(45)82-29-13-5-9-25-63)32-43(47)56(74)66-37-14-16-38(17-15-37)67-57(75)44-30-41(54(64)72)48(79-26-10-2-6-22-60)34-50(44)81-28-12-4-8-24-62/h30-35,37-40H,2-29,36,60-63H2,1H3,(H2,64,72)(H2,65,73)(H,66,74)(H,67,75)(H,68,76)(H,69,77)(H,70,71)/t37-,38-,39-,40-. The fourth-order valence-electron chi connectivity index (χ4n) is 9.92. The summed E-state index contributed by atoms with van der Waals surface area (Å²) in [6.07, 6.45) is 13.1. The second kappa shape index (κ2) is 35.6. The number of ether oxygens (including phenoxy) is 6. The first kappa shape index (κ1) is 66.4. The van der Waals surface area contributed by atoms with Crippen LogP contribution in [0.4, 0.5) is 0 Å². The summed E-state index contributed by atoms with van der Waals surface area (Å²) in [5.41, 5.74) is 34.4. The van der Waals surface area contributed by atoms with Gasteiger partial charge in [-0.25, -0.2) is 4.79 Å². The van der Waals surface area contributed by atoms with Crippen LogP contribution in [0.1, 0.15) is 191 Å². The van der Waals surface area contributed by atoms with Crippen LogP contribution in [0.25, 0.3) is 0 Å². The maximum Gasteiger partial charge on any atom is 0.341 e. The molecule has 2 fully saturated rings. The molecule has 0 heterocycles. The van der Waals surface area contributed by atoms with E-state index in [9.17, 15) is 38.7 Å². The molecule has 24 nitrogen and oxygen atoms in total. The van der Waals surface area contributed by atoms with Crippen LogP contribution in [-0.2, 0) is 4.79 Å². The molecule has 0 bridgehead atoms. The maximum absolute atomic E-state index is 14.1. The molecule has 0 aliphatic heterocycles. The van der Waals surface area contributed by atoms with Crippen molar-refractivity contribution in [3.8, 4) is 34.5 Å². The van der Waals surface area contributed by atoms with Crippen LogP contribution in [0.3, 0.4) is 0 Å². The molecule has 0 unspecified atom stereocenters. The topological polar surface area (TPSA) is 399 Å². The predicted molar refractivity (Wildman–Crippen MR) is 312 cm³/mol. The molecule has 5 rings (SSSR count). The van der Waals surface area contributed by atoms with E-state index in [1.807, 2.05) is 0 Å². The van der Waals surface area contributed by atoms with Gasteiger partial charge in [0.1, 0.15) is 34.5 Å². The van der Waals surface area contributed by atoms with Crippen LogP contribution in [0.5, 0.6) is 34.5 Å². The van der Waals surface area contributed by atoms with Gasteiger partial charge in [0.05, 0.1) is 66.9 Å². The van der Waals surface area contributed by atoms with Gasteiger partial charge < -0.3 is 89.2 Å². The zero-order valence-electron chi connectivity index (χ0n) is 48.0. The van der Waals surface area contributed by atoms with E-state index in [4.69, 9.17) is 62.8 Å². The van der Waals surface area contributed by atoms with Crippen LogP contribution < -0.4 is 84.1 Å². The Morgan fingerprint density at radius 1 is 0.386 bits per heavy atom. The number of methoxy groups -OCH3 is 1. The smallest absolute Gasteiger partial charge is 0.341 e. The number of nitrogens with one attached hydrogen (secondary N) is 4. The zero-order valence-corrected chi connectivity index (χ0v) is 48.0. The van der Waals surface area contributed by atoms with Gasteiger partial charge in [0.2, 0.25) is 0 Å². The van der Waals surface area contributed by atoms with Crippen LogP contribution in [0.15, 0.2) is 36.4 Å². The lowest BCUT2D eigenvalue weighted by Crippen LogP contribution is -2.44. The van der Waals surface area contributed by atoms with E-state index >= 15 is 0 Å². The molecule has 458 valence electrons. The highest BCUT2D eigenvalue weighted by molar-refractivity contribution is 6.05. The quantitative estimate of drug-likeness (QED) is 0.0356. The summed E-state index contributed by atoms with van der Waals surface area (Å²) in [5.74, 6) is -4.10. The highest BCUT2D eigenvalue weighted by Crippen LogP contribution is 2.34. The zero-order chi connectivity index (χ0) is 60.1. The van der Waals surface area contributed by atoms with Gasteiger partial charge in [-0.2, -0.15) is 0 Å². The Labute approximate surface area is 485 Å². The van der Waals surface area contributed by atoms with Gasteiger partial charge in [-0.05, 0) is 173 Å². The van der Waals surface area contributed by atoms with Crippen molar-refractivity contribution >= 4 is 41.4 Å². The van der Waals surface area contributed by atoms with E-state index in [0.29, 0.717) is 130 Å². The number of nitrogens with two attached hydrogens (primary N) is 6. The number of carbonyl (C=O) groups excluding carboxylic acids is 6. The number of hydrogen-bond acceptors (Lipinski definition) is 17. The fraction of sp³-hybridized carbons (Fsp3) is 0.576. The molecule has 83 heavy (non-hydrogen) atoms. The van der Waals surface area contributed by atoms with Crippen LogP contribution in [0.2, 0.25) is 0 Å². The molecule has 0 radical (unpaired) electrons. The summed E-state index contributed by atoms with van der Waals surface area (Å²) in [5, 5.41) is 21.7. The molecule has 24 heteroatoms. The first-order valence-corrected chi connectivity index (χ1v) is 29.2. The van der Waals surface area contributed by atoms with Crippen LogP contribution in [0, 0.1) is 0 Å². The fourth-order valence-corrected chi connectivity index (χ4v) is 9.92. The van der Waals surface area contributed by atoms with Gasteiger partial charge >= 0.3 is 5.97 Å². The lowest BCUT2D eigenvalue weighted by atomic mass is 9.90. The summed E-state index contributed by atoms with van der Waals surface area (Å²) >= 11 is 0. The van der Waals surface area contributed by atoms with E-state index in [-0.39, 0.29) is 92.0 Å². The molecule has 2 aliphatic carbocycles. The van der Waals surface area contributed by atoms with E-state index in [1.54, 1.807) is 0 Å². The second-order valence-electron chi connectivity index (χ2n) is 20.9. The van der Waals surface area contributed by atoms with Crippen molar-refractivity contribution in [1.29, 1.82) is 0 Å². The van der Waals surface area contributed by atoms with Crippen molar-refractivity contribution in [2.75, 3.05) is 66.3 Å². The lowest BCUT2D eigenvalue weighted by Gasteiger charge is -2.30. The average Bonchev–Trinajstić information content (AvgIpc) is 3.68. The molecule has 2 saturated carbocycles. The van der Waals surface area contributed by atoms with Gasteiger partial charge in [-0.1, -0.05) is 0 Å². The highest BCUT2D eigenvalue weighted by atomic mass is 16.5. The van der Waals surface area contributed by atoms with Crippen molar-refractivity contribution in [2.45, 2.75) is 153 Å². The molecule has 0 aromatic heterocycles. The molecular formula is C59H88N10O14. The number of benzene rings is 3. The predicted octanol–water partition coefficient (Wildman–Crippen LogP) is 4.33. The Morgan fingerprint density at radius 3 is 0.904 bits per heavy atom. The number of rotatable bonds is 38. The summed E-state index contributed by atoms with van der Waals surface area (Å²) < 4.78 is 35.2. The molecule has 6 amide bonds. The third-order valence-corrected chi connectivity index (χ3v) is 14.5. The Balaban J connectivity index is 1.23. The first-order valence-electron chi connectivity index (χ1n) is 29.2. The van der Waals surface area contributed by atoms with Crippen LogP contribution >= 0.6 is 0 Å². The minimum Gasteiger partial charge on any atom is -0.496 e. The second-order valence-corrected chi connectivity index (χ2v) is 20.9. The van der Waals surface area contributed by atoms with Gasteiger partial charge in [-0.3, -0.25) is 28.8 Å². The number of primary amides is 2. The Morgan fingerprint density at radius 2 is 0.639 bits per heavy atom. The third kappa shape index (κ3) is 21.4. The summed E-state index contributed by atoms with van der Waals surface area (Å²) in [4.78, 5) is 93.1. The number of aliphatic carboxylic acids is 1.